The highest BCUT2D eigenvalue weighted by Gasteiger charge is 2.52. The fourth-order valence-corrected chi connectivity index (χ4v) is 8.30. The molecule has 6 heterocycles. The Balaban J connectivity index is 1.17. The van der Waals surface area contributed by atoms with E-state index in [2.05, 4.69) is 32.2 Å². The Hall–Kier alpha value is -2.09. The van der Waals surface area contributed by atoms with Gasteiger partial charge in [-0.25, -0.2) is 19.5 Å². The molecular weight excluding hydrogens is 650 g/mol. The lowest BCUT2D eigenvalue weighted by Gasteiger charge is -2.29. The highest BCUT2D eigenvalue weighted by Crippen LogP contribution is 2.58. The summed E-state index contributed by atoms with van der Waals surface area (Å²) in [6.45, 7) is -9.30. The van der Waals surface area contributed by atoms with E-state index in [0.717, 1.165) is 6.33 Å². The minimum Gasteiger partial charge on any atom is -0.386 e. The van der Waals surface area contributed by atoms with Crippen molar-refractivity contribution in [1.82, 2.24) is 29.1 Å². The molecule has 3 aromatic heterocycles. The van der Waals surface area contributed by atoms with Crippen LogP contribution in [0.1, 0.15) is 12.5 Å². The van der Waals surface area contributed by atoms with Crippen LogP contribution in [-0.2, 0) is 43.9 Å². The molecule has 0 aliphatic carbocycles. The van der Waals surface area contributed by atoms with E-state index < -0.39 is 81.4 Å². The Labute approximate surface area is 251 Å². The van der Waals surface area contributed by atoms with Crippen LogP contribution in [0.3, 0.4) is 0 Å². The standard InChI is InChI=1S/C22H24N6O11P2S2/c29-15-17-12(36-21(15)27-8-25-10-3-1-2-4-11(10)27)5-34-41(33,43)39-18-13(6-35-40(32,42)38-17)37-22(16(18)30)28-9-26-14-19(28)23-7-24-20(14)31/h1-4,7-9,12-13,15-18,21-22,29-30H,5-6H2,(H,32,42)(H,33,43)(H,23,24,31)/t12-,13-,15?,16+,17+,18?,21-,22-,40?,41?/m1/s1. The average Bonchev–Trinajstić information content (AvgIpc) is 3.72. The van der Waals surface area contributed by atoms with Gasteiger partial charge in [-0.3, -0.25) is 22.9 Å². The van der Waals surface area contributed by atoms with Gasteiger partial charge in [-0.05, 0) is 23.9 Å². The van der Waals surface area contributed by atoms with Crippen LogP contribution in [0.15, 0.2) is 48.0 Å². The Bertz CT molecular complexity index is 1840. The number of rotatable bonds is 2. The molecule has 230 valence electrons. The summed E-state index contributed by atoms with van der Waals surface area (Å²) >= 11 is 9.33. The molecule has 4 aromatic rings. The van der Waals surface area contributed by atoms with Crippen LogP contribution < -0.4 is 5.56 Å². The van der Waals surface area contributed by atoms with E-state index in [4.69, 9.17) is 39.4 Å². The molecule has 0 saturated carbocycles. The van der Waals surface area contributed by atoms with Crippen LogP contribution in [0.4, 0.5) is 0 Å². The first-order chi connectivity index (χ1) is 20.5. The number of thiol groups is 1. The molecule has 3 fully saturated rings. The number of nitrogens with one attached hydrogen (secondary N) is 1. The smallest absolute Gasteiger partial charge is 0.386 e. The summed E-state index contributed by atoms with van der Waals surface area (Å²) in [6.07, 6.45) is -6.26. The number of aliphatic hydroxyl groups excluding tert-OH is 2. The number of aliphatic hydroxyl groups is 2. The second-order valence-corrected chi connectivity index (χ2v) is 15.6. The Morgan fingerprint density at radius 3 is 2.37 bits per heavy atom. The van der Waals surface area contributed by atoms with Crippen molar-refractivity contribution in [1.29, 1.82) is 0 Å². The van der Waals surface area contributed by atoms with Gasteiger partial charge in [0.05, 0.1) is 43.2 Å². The number of imidazole rings is 2. The number of H-pyrrole nitrogens is 1. The van der Waals surface area contributed by atoms with Crippen LogP contribution in [0.5, 0.6) is 0 Å². The molecule has 0 bridgehead atoms. The molecule has 1 aromatic carbocycles. The zero-order valence-corrected chi connectivity index (χ0v) is 25.2. The number of para-hydroxylation sites is 2. The molecule has 4 unspecified atom stereocenters. The fraction of sp³-hybridized carbons (Fsp3) is 0.455. The van der Waals surface area contributed by atoms with Crippen LogP contribution in [0.2, 0.25) is 0 Å². The largest absolute Gasteiger partial charge is 0.386 e. The first kappa shape index (κ1) is 29.6. The van der Waals surface area contributed by atoms with Crippen molar-refractivity contribution >= 4 is 59.8 Å². The lowest BCUT2D eigenvalue weighted by atomic mass is 10.1. The summed E-state index contributed by atoms with van der Waals surface area (Å²) in [6, 6.07) is 7.18. The number of aromatic amines is 1. The topological polar surface area (TPSA) is 215 Å². The number of benzene rings is 1. The van der Waals surface area contributed by atoms with Crippen molar-refractivity contribution in [3.05, 3.63) is 53.6 Å². The van der Waals surface area contributed by atoms with E-state index in [1.165, 1.54) is 17.2 Å². The molecule has 0 radical (unpaired) electrons. The summed E-state index contributed by atoms with van der Waals surface area (Å²) in [5.74, 6) is 0. The molecule has 10 atom stereocenters. The van der Waals surface area contributed by atoms with Crippen molar-refractivity contribution in [2.75, 3.05) is 13.2 Å². The number of aromatic nitrogens is 6. The third-order valence-electron chi connectivity index (χ3n) is 7.33. The summed E-state index contributed by atoms with van der Waals surface area (Å²) in [7, 11) is 0. The Kier molecular flexibility index (Phi) is 7.62. The highest BCUT2D eigenvalue weighted by atomic mass is 32.7. The third-order valence-corrected chi connectivity index (χ3v) is 10.5. The zero-order chi connectivity index (χ0) is 30.1. The van der Waals surface area contributed by atoms with Gasteiger partial charge in [0.25, 0.3) is 5.56 Å². The Morgan fingerprint density at radius 1 is 0.953 bits per heavy atom. The van der Waals surface area contributed by atoms with Gasteiger partial charge in [0.15, 0.2) is 23.6 Å². The second-order valence-electron chi connectivity index (χ2n) is 9.98. The van der Waals surface area contributed by atoms with Crippen LogP contribution in [0.25, 0.3) is 22.2 Å². The SMILES string of the molecule is O=c1[nH]cnc2c1ncn2[C@@H]1O[C@@H]2COP(O)(=S)O[C@@H]3C(O)[C@H](n4cnc5ccccc54)O[C@@H]3COP(=O)(S)OC2[C@@H]1O. The third kappa shape index (κ3) is 5.42. The van der Waals surface area contributed by atoms with Gasteiger partial charge in [0.2, 0.25) is 0 Å². The number of hydrogen-bond donors (Lipinski definition) is 5. The first-order valence-electron chi connectivity index (χ1n) is 12.8. The molecule has 0 spiro atoms. The van der Waals surface area contributed by atoms with Crippen LogP contribution in [0, 0.1) is 0 Å². The minimum absolute atomic E-state index is 0.00379. The maximum absolute atomic E-state index is 13.4. The predicted molar refractivity (Wildman–Crippen MR) is 152 cm³/mol. The van der Waals surface area contributed by atoms with Crippen molar-refractivity contribution < 1.29 is 47.2 Å². The van der Waals surface area contributed by atoms with Gasteiger partial charge in [-0.1, -0.05) is 24.4 Å². The molecule has 21 heteroatoms. The van der Waals surface area contributed by atoms with E-state index in [0.29, 0.717) is 11.0 Å². The quantitative estimate of drug-likeness (QED) is 0.147. The van der Waals surface area contributed by atoms with Crippen LogP contribution >= 0.6 is 25.8 Å². The maximum atomic E-state index is 13.4. The highest BCUT2D eigenvalue weighted by molar-refractivity contribution is 8.44. The summed E-state index contributed by atoms with van der Waals surface area (Å²) in [5.41, 5.74) is 0.903. The molecular formula is C22H24N6O11P2S2. The van der Waals surface area contributed by atoms with Crippen molar-refractivity contribution in [2.45, 2.75) is 49.1 Å². The molecule has 0 amide bonds. The Morgan fingerprint density at radius 2 is 1.60 bits per heavy atom. The van der Waals surface area contributed by atoms with Crippen LogP contribution in [-0.4, -0.2) is 94.0 Å². The zero-order valence-electron chi connectivity index (χ0n) is 21.7. The van der Waals surface area contributed by atoms with E-state index in [-0.39, 0.29) is 11.2 Å². The molecule has 3 aliphatic heterocycles. The van der Waals surface area contributed by atoms with E-state index >= 15 is 0 Å². The van der Waals surface area contributed by atoms with E-state index in [1.807, 2.05) is 6.07 Å². The van der Waals surface area contributed by atoms with Gasteiger partial charge in [0, 0.05) is 0 Å². The summed E-state index contributed by atoms with van der Waals surface area (Å²) in [5, 5.41) is 22.5. The van der Waals surface area contributed by atoms with Gasteiger partial charge in [0.1, 0.15) is 36.6 Å². The lowest BCUT2D eigenvalue weighted by Crippen LogP contribution is -2.38. The molecule has 7 rings (SSSR count). The predicted octanol–water partition coefficient (Wildman–Crippen LogP) is 0.758. The van der Waals surface area contributed by atoms with Gasteiger partial charge >= 0.3 is 13.5 Å². The van der Waals surface area contributed by atoms with E-state index in [1.54, 1.807) is 22.8 Å². The van der Waals surface area contributed by atoms with E-state index in [9.17, 15) is 24.5 Å². The molecule has 43 heavy (non-hydrogen) atoms. The number of fused-ring (bicyclic) bond motifs is 4. The lowest BCUT2D eigenvalue weighted by molar-refractivity contribution is -0.0576. The number of hydrogen-bond acceptors (Lipinski definition) is 14. The monoisotopic (exact) mass is 674 g/mol. The molecule has 17 nitrogen and oxygen atoms in total. The summed E-state index contributed by atoms with van der Waals surface area (Å²) < 4.78 is 50.8. The minimum atomic E-state index is -4.24. The van der Waals surface area contributed by atoms with Gasteiger partial charge < -0.3 is 38.7 Å². The average molecular weight is 675 g/mol. The first-order valence-corrected chi connectivity index (χ1v) is 18.1. The normalized spacial score (nSPS) is 38.9. The van der Waals surface area contributed by atoms with Crippen molar-refractivity contribution in [2.24, 2.45) is 0 Å². The second kappa shape index (κ2) is 11.1. The number of ether oxygens (including phenoxy) is 2. The van der Waals surface area contributed by atoms with Crippen molar-refractivity contribution in [3.8, 4) is 0 Å². The summed E-state index contributed by atoms with van der Waals surface area (Å²) in [4.78, 5) is 37.9. The maximum Gasteiger partial charge on any atom is 0.386 e. The number of nitrogens with zero attached hydrogens (tertiary/aromatic N) is 5. The van der Waals surface area contributed by atoms with Gasteiger partial charge in [-0.15, -0.1) is 0 Å². The fourth-order valence-electron chi connectivity index (χ4n) is 5.36. The van der Waals surface area contributed by atoms with Gasteiger partial charge in [-0.2, -0.15) is 0 Å². The molecule has 3 saturated heterocycles. The molecule has 3 aliphatic rings. The van der Waals surface area contributed by atoms with Crippen molar-refractivity contribution in [3.63, 3.8) is 0 Å². The molecule has 4 N–H and O–H groups in total.